The second-order valence-corrected chi connectivity index (χ2v) is 10.1. The smallest absolute Gasteiger partial charge is 0.417 e. The van der Waals surface area contributed by atoms with Crippen molar-refractivity contribution >= 4 is 17.0 Å². The Morgan fingerprint density at radius 2 is 2.08 bits per heavy atom. The number of benzene rings is 1. The van der Waals surface area contributed by atoms with Crippen molar-refractivity contribution in [3.63, 3.8) is 0 Å². The molecule has 1 aliphatic carbocycles. The molecule has 1 atom stereocenters. The molecule has 0 saturated carbocycles. The minimum absolute atomic E-state index is 0.345. The lowest BCUT2D eigenvalue weighted by Gasteiger charge is -2.38. The van der Waals surface area contributed by atoms with E-state index in [4.69, 9.17) is 18.9 Å². The third-order valence-corrected chi connectivity index (χ3v) is 7.67. The van der Waals surface area contributed by atoms with Crippen LogP contribution in [0.5, 0.6) is 5.75 Å². The van der Waals surface area contributed by atoms with E-state index in [2.05, 4.69) is 16.0 Å². The number of likely N-dealkylation sites (tertiary alicyclic amines) is 1. The van der Waals surface area contributed by atoms with Crippen molar-refractivity contribution in [3.05, 3.63) is 84.0 Å². The predicted octanol–water partition coefficient (Wildman–Crippen LogP) is 4.53. The van der Waals surface area contributed by atoms with Crippen LogP contribution in [0.3, 0.4) is 0 Å². The average Bonchev–Trinajstić information content (AvgIpc) is 3.29. The van der Waals surface area contributed by atoms with Gasteiger partial charge in [-0.25, -0.2) is 9.69 Å². The Morgan fingerprint density at radius 3 is 2.87 bits per heavy atom. The maximum absolute atomic E-state index is 12.9. The summed E-state index contributed by atoms with van der Waals surface area (Å²) < 4.78 is 22.8. The molecule has 2 saturated heterocycles. The van der Waals surface area contributed by atoms with Crippen molar-refractivity contribution in [2.24, 2.45) is 0 Å². The summed E-state index contributed by atoms with van der Waals surface area (Å²) in [4.78, 5) is 21.0. The van der Waals surface area contributed by atoms with Crippen LogP contribution in [0, 0.1) is 0 Å². The molecule has 2 aromatic rings. The number of carbonyl (C=O) groups excluding carboxylic acids is 1. The second-order valence-electron chi connectivity index (χ2n) is 10.1. The van der Waals surface area contributed by atoms with E-state index in [1.54, 1.807) is 19.6 Å². The number of rotatable bonds is 6. The molecule has 6 rings (SSSR count). The van der Waals surface area contributed by atoms with Crippen molar-refractivity contribution in [3.8, 4) is 5.75 Å². The summed E-state index contributed by atoms with van der Waals surface area (Å²) in [5.74, 6) is 1.69. The van der Waals surface area contributed by atoms with Gasteiger partial charge < -0.3 is 29.0 Å². The number of aliphatic hydroxyl groups is 1. The van der Waals surface area contributed by atoms with Crippen molar-refractivity contribution in [2.45, 2.75) is 37.4 Å². The third kappa shape index (κ3) is 4.75. The number of aliphatic hydroxyl groups excluding tert-OH is 1. The van der Waals surface area contributed by atoms with Gasteiger partial charge in [0, 0.05) is 44.1 Å². The molecule has 9 nitrogen and oxygen atoms in total. The van der Waals surface area contributed by atoms with Crippen molar-refractivity contribution in [1.82, 2.24) is 14.8 Å². The summed E-state index contributed by atoms with van der Waals surface area (Å²) >= 11 is 0. The zero-order valence-electron chi connectivity index (χ0n) is 21.3. The molecule has 1 amide bonds. The Bertz CT molecular complexity index is 1360. The van der Waals surface area contributed by atoms with Gasteiger partial charge in [-0.1, -0.05) is 18.2 Å². The highest BCUT2D eigenvalue weighted by Crippen LogP contribution is 2.38. The van der Waals surface area contributed by atoms with Gasteiger partial charge in [-0.3, -0.25) is 4.98 Å². The number of amides is 1. The maximum Gasteiger partial charge on any atom is 0.417 e. The Balaban J connectivity index is 1.08. The molecule has 2 fully saturated rings. The van der Waals surface area contributed by atoms with E-state index < -0.39 is 17.8 Å². The molecule has 1 spiro atoms. The van der Waals surface area contributed by atoms with Crippen molar-refractivity contribution in [1.29, 1.82) is 0 Å². The van der Waals surface area contributed by atoms with Crippen LogP contribution >= 0.6 is 0 Å². The van der Waals surface area contributed by atoms with Crippen LogP contribution in [0.1, 0.15) is 37.4 Å². The number of carbonyl (C=O) groups is 1. The van der Waals surface area contributed by atoms with Gasteiger partial charge in [0.05, 0.1) is 25.3 Å². The minimum atomic E-state index is -0.684. The predicted molar refractivity (Wildman–Crippen MR) is 140 cm³/mol. The quantitative estimate of drug-likeness (QED) is 0.598. The first-order valence-corrected chi connectivity index (χ1v) is 13.0. The summed E-state index contributed by atoms with van der Waals surface area (Å²) in [5, 5.41) is 12.0. The fourth-order valence-corrected chi connectivity index (χ4v) is 5.49. The monoisotopic (exact) mass is 517 g/mol. The highest BCUT2D eigenvalue weighted by atomic mass is 16.6. The summed E-state index contributed by atoms with van der Waals surface area (Å²) in [5.41, 5.74) is 2.08. The van der Waals surface area contributed by atoms with E-state index in [9.17, 15) is 9.90 Å². The van der Waals surface area contributed by atoms with Gasteiger partial charge >= 0.3 is 6.09 Å². The van der Waals surface area contributed by atoms with Crippen LogP contribution in [0.15, 0.2) is 78.4 Å². The van der Waals surface area contributed by atoms with Crippen molar-refractivity contribution < 1.29 is 28.8 Å². The van der Waals surface area contributed by atoms with E-state index in [0.717, 1.165) is 40.6 Å². The molecule has 38 heavy (non-hydrogen) atoms. The van der Waals surface area contributed by atoms with E-state index >= 15 is 0 Å². The fourth-order valence-electron chi connectivity index (χ4n) is 5.49. The lowest BCUT2D eigenvalue weighted by atomic mass is 9.91. The van der Waals surface area contributed by atoms with Gasteiger partial charge in [-0.15, -0.1) is 0 Å². The topological polar surface area (TPSA) is 93.6 Å². The summed E-state index contributed by atoms with van der Waals surface area (Å²) in [7, 11) is 1.62. The number of fused-ring (bicyclic) bond motifs is 1. The minimum Gasteiger partial charge on any atom is -0.497 e. The Hall–Kier alpha value is -3.82. The molecule has 198 valence electrons. The highest BCUT2D eigenvalue weighted by molar-refractivity contribution is 5.83. The van der Waals surface area contributed by atoms with E-state index in [1.807, 2.05) is 36.4 Å². The molecule has 4 heterocycles. The summed E-state index contributed by atoms with van der Waals surface area (Å²) in [6.45, 7) is 2.28. The average molecular weight is 518 g/mol. The van der Waals surface area contributed by atoms with E-state index in [1.165, 1.54) is 11.2 Å². The first-order valence-electron chi connectivity index (χ1n) is 13.0. The standard InChI is InChI=1S/C29H31N3O6/c1-35-21-7-8-24-23(15-21)22(9-12-30-24)25(33)16-31-13-10-29(11-14-31)19-32(28(34)38-29)27-18-36-17-26(37-27)20-5-3-2-4-6-20/h2-3,5,7-9,12,15,17-18,25,33H,4,6,10-11,13-14,16,19H2,1H3/t25-/m1/s1. The third-order valence-electron chi connectivity index (χ3n) is 7.67. The molecular weight excluding hydrogens is 486 g/mol. The fraction of sp³-hybridized carbons (Fsp3) is 0.379. The molecule has 9 heteroatoms. The van der Waals surface area contributed by atoms with Gasteiger partial charge in [0.15, 0.2) is 12.0 Å². The van der Waals surface area contributed by atoms with Crippen molar-refractivity contribution in [2.75, 3.05) is 33.3 Å². The van der Waals surface area contributed by atoms with Crippen LogP contribution in [0.4, 0.5) is 4.79 Å². The van der Waals surface area contributed by atoms with E-state index in [0.29, 0.717) is 50.7 Å². The Kier molecular flexibility index (Phi) is 6.55. The Morgan fingerprint density at radius 1 is 1.21 bits per heavy atom. The molecule has 3 aliphatic heterocycles. The first-order chi connectivity index (χ1) is 18.5. The molecule has 1 N–H and O–H groups in total. The van der Waals surface area contributed by atoms with Gasteiger partial charge in [0.25, 0.3) is 0 Å². The van der Waals surface area contributed by atoms with Gasteiger partial charge in [-0.05, 0) is 48.2 Å². The maximum atomic E-state index is 12.9. The molecule has 1 aromatic carbocycles. The number of β-amino-alcohol motifs (C(OH)–C–C–N with tert-alkyl or cyclic N) is 1. The lowest BCUT2D eigenvalue weighted by molar-refractivity contribution is -0.0101. The summed E-state index contributed by atoms with van der Waals surface area (Å²) in [6, 6.07) is 7.53. The molecule has 1 aromatic heterocycles. The SMILES string of the molecule is COc1ccc2nccc([C@H](O)CN3CCC4(CC3)CN(C3=COC=C(C5=CC=CCC5)O3)C(=O)O4)c2c1. The molecule has 0 radical (unpaired) electrons. The second kappa shape index (κ2) is 10.2. The normalized spacial score (nSPS) is 21.8. The van der Waals surface area contributed by atoms with Gasteiger partial charge in [0.2, 0.25) is 5.88 Å². The number of allylic oxidation sites excluding steroid dienone is 4. The molecule has 0 unspecified atom stereocenters. The number of hydrogen-bond donors (Lipinski definition) is 1. The van der Waals surface area contributed by atoms with Crippen LogP contribution < -0.4 is 4.74 Å². The zero-order valence-corrected chi connectivity index (χ0v) is 21.3. The number of aromatic nitrogens is 1. The molecule has 0 bridgehead atoms. The van der Waals surface area contributed by atoms with Crippen LogP contribution in [0.2, 0.25) is 0 Å². The number of hydrogen-bond acceptors (Lipinski definition) is 8. The number of pyridine rings is 1. The zero-order chi connectivity index (χ0) is 26.1. The van der Waals surface area contributed by atoms with Crippen LogP contribution in [-0.2, 0) is 14.2 Å². The molecular formula is C29H31N3O6. The molecule has 4 aliphatic rings. The van der Waals surface area contributed by atoms with Crippen LogP contribution in [0.25, 0.3) is 10.9 Å². The van der Waals surface area contributed by atoms with Gasteiger partial charge in [0.1, 0.15) is 17.6 Å². The number of piperidine rings is 1. The van der Waals surface area contributed by atoms with E-state index in [-0.39, 0.29) is 0 Å². The number of ether oxygens (including phenoxy) is 4. The largest absolute Gasteiger partial charge is 0.497 e. The first kappa shape index (κ1) is 24.5. The van der Waals surface area contributed by atoms with Crippen LogP contribution in [-0.4, -0.2) is 64.9 Å². The number of methoxy groups -OCH3 is 1. The van der Waals surface area contributed by atoms with Gasteiger partial charge in [-0.2, -0.15) is 0 Å². The summed E-state index contributed by atoms with van der Waals surface area (Å²) in [6.07, 6.45) is 12.9. The number of nitrogens with zero attached hydrogens (tertiary/aromatic N) is 3. The Labute approximate surface area is 221 Å². The highest BCUT2D eigenvalue weighted by Gasteiger charge is 2.49. The lowest BCUT2D eigenvalue weighted by Crippen LogP contribution is -2.47.